The highest BCUT2D eigenvalue weighted by Crippen LogP contribution is 2.22. The average Bonchev–Trinajstić information content (AvgIpc) is 3.27. The molecule has 1 aliphatic rings. The van der Waals surface area contributed by atoms with Gasteiger partial charge in [0.2, 0.25) is 0 Å². The summed E-state index contributed by atoms with van der Waals surface area (Å²) in [5.74, 6) is 0.992. The molecule has 0 amide bonds. The number of hydrogen-bond donors (Lipinski definition) is 1. The lowest BCUT2D eigenvalue weighted by molar-refractivity contribution is 0.0990. The Balaban J connectivity index is 1.81. The van der Waals surface area contributed by atoms with Crippen molar-refractivity contribution in [3.05, 3.63) is 42.0 Å². The normalized spacial score (nSPS) is 14.6. The van der Waals surface area contributed by atoms with Crippen LogP contribution in [-0.2, 0) is 0 Å². The molecule has 1 fully saturated rings. The SMILES string of the molecule is COc1ccc2cc(C(=O)CNC3CC3)ccc2c1. The van der Waals surface area contributed by atoms with Crippen LogP contribution in [0.15, 0.2) is 36.4 Å². The summed E-state index contributed by atoms with van der Waals surface area (Å²) in [6, 6.07) is 12.3. The molecular formula is C16H17NO2. The number of hydrogen-bond acceptors (Lipinski definition) is 3. The number of methoxy groups -OCH3 is 1. The standard InChI is InChI=1S/C16H17NO2/c1-19-15-7-4-11-8-13(3-2-12(11)9-15)16(18)10-17-14-5-6-14/h2-4,7-9,14,17H,5-6,10H2,1H3. The van der Waals surface area contributed by atoms with Crippen LogP contribution in [0.3, 0.4) is 0 Å². The molecule has 0 saturated heterocycles. The summed E-state index contributed by atoms with van der Waals surface area (Å²) in [6.45, 7) is 0.437. The number of Topliss-reactive ketones (excluding diaryl/α,β-unsaturated/α-hetero) is 1. The fourth-order valence-corrected chi connectivity index (χ4v) is 2.15. The predicted octanol–water partition coefficient (Wildman–Crippen LogP) is 2.78. The third-order valence-corrected chi connectivity index (χ3v) is 3.50. The molecule has 0 radical (unpaired) electrons. The van der Waals surface area contributed by atoms with Crippen molar-refractivity contribution in [3.63, 3.8) is 0 Å². The van der Waals surface area contributed by atoms with Gasteiger partial charge in [-0.2, -0.15) is 0 Å². The van der Waals surface area contributed by atoms with Gasteiger partial charge in [0, 0.05) is 11.6 Å². The van der Waals surface area contributed by atoms with Gasteiger partial charge in [0.05, 0.1) is 13.7 Å². The van der Waals surface area contributed by atoms with E-state index in [4.69, 9.17) is 4.74 Å². The Morgan fingerprint density at radius 2 is 1.95 bits per heavy atom. The van der Waals surface area contributed by atoms with Crippen LogP contribution in [0.2, 0.25) is 0 Å². The molecule has 3 nitrogen and oxygen atoms in total. The fraction of sp³-hybridized carbons (Fsp3) is 0.312. The molecule has 0 heterocycles. The van der Waals surface area contributed by atoms with Crippen molar-refractivity contribution in [2.45, 2.75) is 18.9 Å². The topological polar surface area (TPSA) is 38.3 Å². The van der Waals surface area contributed by atoms with Crippen LogP contribution in [0.1, 0.15) is 23.2 Å². The lowest BCUT2D eigenvalue weighted by atomic mass is 10.0. The molecule has 0 atom stereocenters. The van der Waals surface area contributed by atoms with E-state index in [1.54, 1.807) is 7.11 Å². The maximum absolute atomic E-state index is 12.1. The van der Waals surface area contributed by atoms with Gasteiger partial charge in [0.15, 0.2) is 5.78 Å². The van der Waals surface area contributed by atoms with Crippen LogP contribution in [0.25, 0.3) is 10.8 Å². The molecule has 0 unspecified atom stereocenters. The number of fused-ring (bicyclic) bond motifs is 1. The molecule has 2 aromatic rings. The van der Waals surface area contributed by atoms with E-state index < -0.39 is 0 Å². The average molecular weight is 255 g/mol. The summed E-state index contributed by atoms with van der Waals surface area (Å²) in [7, 11) is 1.66. The Kier molecular flexibility index (Phi) is 3.22. The van der Waals surface area contributed by atoms with Crippen molar-refractivity contribution in [1.82, 2.24) is 5.32 Å². The van der Waals surface area contributed by atoms with Crippen LogP contribution in [0, 0.1) is 0 Å². The van der Waals surface area contributed by atoms with E-state index in [1.807, 2.05) is 36.4 Å². The van der Waals surface area contributed by atoms with E-state index in [0.29, 0.717) is 12.6 Å². The molecule has 0 aromatic heterocycles. The number of ether oxygens (including phenoxy) is 1. The van der Waals surface area contributed by atoms with Gasteiger partial charge >= 0.3 is 0 Å². The minimum atomic E-state index is 0.157. The first-order valence-corrected chi connectivity index (χ1v) is 6.60. The minimum absolute atomic E-state index is 0.157. The number of rotatable bonds is 5. The molecule has 3 rings (SSSR count). The third kappa shape index (κ3) is 2.76. The Morgan fingerprint density at radius 1 is 1.21 bits per heavy atom. The summed E-state index contributed by atoms with van der Waals surface area (Å²) >= 11 is 0. The van der Waals surface area contributed by atoms with Crippen LogP contribution >= 0.6 is 0 Å². The van der Waals surface area contributed by atoms with E-state index >= 15 is 0 Å². The summed E-state index contributed by atoms with van der Waals surface area (Å²) in [5.41, 5.74) is 0.769. The molecular weight excluding hydrogens is 238 g/mol. The second-order valence-corrected chi connectivity index (χ2v) is 5.01. The molecule has 0 spiro atoms. The monoisotopic (exact) mass is 255 g/mol. The number of nitrogens with one attached hydrogen (secondary N) is 1. The molecule has 0 aliphatic heterocycles. The van der Waals surface area contributed by atoms with E-state index in [9.17, 15) is 4.79 Å². The molecule has 3 heteroatoms. The molecule has 1 N–H and O–H groups in total. The second kappa shape index (κ2) is 5.02. The fourth-order valence-electron chi connectivity index (χ4n) is 2.15. The summed E-state index contributed by atoms with van der Waals surface area (Å²) < 4.78 is 5.19. The maximum atomic E-state index is 12.1. The van der Waals surface area contributed by atoms with Crippen LogP contribution < -0.4 is 10.1 Å². The number of carbonyl (C=O) groups excluding carboxylic acids is 1. The van der Waals surface area contributed by atoms with Crippen LogP contribution in [0.5, 0.6) is 5.75 Å². The van der Waals surface area contributed by atoms with E-state index in [0.717, 1.165) is 22.1 Å². The Hall–Kier alpha value is -1.87. The van der Waals surface area contributed by atoms with Gasteiger partial charge < -0.3 is 10.1 Å². The summed E-state index contributed by atoms with van der Waals surface area (Å²) in [6.07, 6.45) is 2.40. The zero-order valence-electron chi connectivity index (χ0n) is 11.0. The van der Waals surface area contributed by atoms with E-state index in [2.05, 4.69) is 5.32 Å². The van der Waals surface area contributed by atoms with Gasteiger partial charge in [-0.3, -0.25) is 4.79 Å². The third-order valence-electron chi connectivity index (χ3n) is 3.50. The van der Waals surface area contributed by atoms with Gasteiger partial charge in [-0.25, -0.2) is 0 Å². The van der Waals surface area contributed by atoms with Gasteiger partial charge in [-0.05, 0) is 41.8 Å². The van der Waals surface area contributed by atoms with Crippen molar-refractivity contribution < 1.29 is 9.53 Å². The Bertz CT molecular complexity index is 617. The first kappa shape index (κ1) is 12.2. The van der Waals surface area contributed by atoms with Gasteiger partial charge in [0.25, 0.3) is 0 Å². The highest BCUT2D eigenvalue weighted by atomic mass is 16.5. The van der Waals surface area contributed by atoms with Crippen molar-refractivity contribution in [3.8, 4) is 5.75 Å². The first-order valence-electron chi connectivity index (χ1n) is 6.60. The largest absolute Gasteiger partial charge is 0.497 e. The van der Waals surface area contributed by atoms with Crippen molar-refractivity contribution in [2.75, 3.05) is 13.7 Å². The lowest BCUT2D eigenvalue weighted by Crippen LogP contribution is -2.24. The summed E-state index contributed by atoms with van der Waals surface area (Å²) in [4.78, 5) is 12.1. The quantitative estimate of drug-likeness (QED) is 0.835. The van der Waals surface area contributed by atoms with E-state index in [-0.39, 0.29) is 5.78 Å². The number of carbonyl (C=O) groups is 1. The zero-order valence-corrected chi connectivity index (χ0v) is 11.0. The molecule has 1 aliphatic carbocycles. The highest BCUT2D eigenvalue weighted by Gasteiger charge is 2.21. The van der Waals surface area contributed by atoms with Crippen molar-refractivity contribution >= 4 is 16.6 Å². The smallest absolute Gasteiger partial charge is 0.176 e. The second-order valence-electron chi connectivity index (χ2n) is 5.01. The van der Waals surface area contributed by atoms with Gasteiger partial charge in [-0.15, -0.1) is 0 Å². The lowest BCUT2D eigenvalue weighted by Gasteiger charge is -2.06. The number of benzene rings is 2. The minimum Gasteiger partial charge on any atom is -0.497 e. The molecule has 19 heavy (non-hydrogen) atoms. The molecule has 0 bridgehead atoms. The van der Waals surface area contributed by atoms with Crippen LogP contribution in [-0.4, -0.2) is 25.5 Å². The van der Waals surface area contributed by atoms with Gasteiger partial charge in [0.1, 0.15) is 5.75 Å². The van der Waals surface area contributed by atoms with Crippen LogP contribution in [0.4, 0.5) is 0 Å². The zero-order chi connectivity index (χ0) is 13.2. The van der Waals surface area contributed by atoms with Gasteiger partial charge in [-0.1, -0.05) is 18.2 Å². The summed E-state index contributed by atoms with van der Waals surface area (Å²) in [5, 5.41) is 5.41. The Labute approximate surface area is 112 Å². The first-order chi connectivity index (χ1) is 9.26. The molecule has 2 aromatic carbocycles. The maximum Gasteiger partial charge on any atom is 0.176 e. The highest BCUT2D eigenvalue weighted by molar-refractivity contribution is 6.01. The molecule has 98 valence electrons. The predicted molar refractivity (Wildman–Crippen MR) is 75.9 cm³/mol. The Morgan fingerprint density at radius 3 is 2.68 bits per heavy atom. The van der Waals surface area contributed by atoms with E-state index in [1.165, 1.54) is 12.8 Å². The molecule has 1 saturated carbocycles. The van der Waals surface area contributed by atoms with Crippen molar-refractivity contribution in [2.24, 2.45) is 0 Å². The van der Waals surface area contributed by atoms with Crippen molar-refractivity contribution in [1.29, 1.82) is 0 Å². The number of ketones is 1.